The zero-order valence-corrected chi connectivity index (χ0v) is 9.46. The van der Waals surface area contributed by atoms with Crippen molar-refractivity contribution in [1.29, 1.82) is 0 Å². The van der Waals surface area contributed by atoms with E-state index in [1.54, 1.807) is 0 Å². The molecule has 0 aliphatic rings. The molecule has 1 aromatic rings. The van der Waals surface area contributed by atoms with Gasteiger partial charge in [0, 0.05) is 6.20 Å². The van der Waals surface area contributed by atoms with E-state index >= 15 is 0 Å². The lowest BCUT2D eigenvalue weighted by molar-refractivity contribution is -0.139. The molecule has 0 radical (unpaired) electrons. The maximum Gasteiger partial charge on any atom is 0.420 e. The molecule has 0 fully saturated rings. The fourth-order valence-electron chi connectivity index (χ4n) is 1.33. The molecule has 1 aromatic heterocycles. The molecule has 0 saturated heterocycles. The van der Waals surface area contributed by atoms with Crippen molar-refractivity contribution < 1.29 is 36.6 Å². The Balaban J connectivity index is 3.49. The maximum atomic E-state index is 12.7. The second kappa shape index (κ2) is 5.37. The summed E-state index contributed by atoms with van der Waals surface area (Å²) in [6, 6.07) is 0. The van der Waals surface area contributed by atoms with Crippen LogP contribution >= 0.6 is 0 Å². The lowest BCUT2D eigenvalue weighted by atomic mass is 10.1. The third-order valence-corrected chi connectivity index (χ3v) is 2.07. The number of aromatic nitrogens is 1. The van der Waals surface area contributed by atoms with E-state index in [1.807, 2.05) is 0 Å². The van der Waals surface area contributed by atoms with Crippen LogP contribution < -0.4 is 0 Å². The molecule has 106 valence electrons. The number of hydrogen-bond acceptors (Lipinski definition) is 4. The van der Waals surface area contributed by atoms with Crippen molar-refractivity contribution >= 4 is 5.97 Å². The van der Waals surface area contributed by atoms with Crippen LogP contribution in [0.4, 0.5) is 22.0 Å². The molecule has 0 aliphatic carbocycles. The van der Waals surface area contributed by atoms with Crippen LogP contribution in [-0.4, -0.2) is 22.7 Å². The first-order valence-electron chi connectivity index (χ1n) is 4.94. The number of pyridine rings is 1. The highest BCUT2D eigenvalue weighted by Gasteiger charge is 2.41. The molecule has 0 amide bonds. The second-order valence-corrected chi connectivity index (χ2v) is 3.30. The van der Waals surface area contributed by atoms with Gasteiger partial charge in [-0.3, -0.25) is 4.98 Å². The second-order valence-electron chi connectivity index (χ2n) is 3.30. The summed E-state index contributed by atoms with van der Waals surface area (Å²) in [5.74, 6) is -3.17. The first-order chi connectivity index (χ1) is 8.70. The standard InChI is InChI=1S/C10H8F5NO3/c1-2-19-9(18)4-3-16-6(8(11)12)7(17)5(4)10(13,14)15/h3,8,17H,2H2,1H3. The van der Waals surface area contributed by atoms with Crippen molar-refractivity contribution in [2.24, 2.45) is 0 Å². The minimum atomic E-state index is -5.20. The lowest BCUT2D eigenvalue weighted by Gasteiger charge is -2.15. The van der Waals surface area contributed by atoms with Crippen LogP contribution in [0.1, 0.15) is 35.0 Å². The molecule has 0 bridgehead atoms. The van der Waals surface area contributed by atoms with Gasteiger partial charge in [-0.25, -0.2) is 13.6 Å². The van der Waals surface area contributed by atoms with Crippen LogP contribution in [0, 0.1) is 0 Å². The SMILES string of the molecule is CCOC(=O)c1cnc(C(F)F)c(O)c1C(F)(F)F. The van der Waals surface area contributed by atoms with Gasteiger partial charge in [-0.05, 0) is 6.92 Å². The number of rotatable bonds is 3. The average Bonchev–Trinajstić information content (AvgIpc) is 2.26. The van der Waals surface area contributed by atoms with Crippen LogP contribution in [0.25, 0.3) is 0 Å². The Morgan fingerprint density at radius 2 is 2.05 bits per heavy atom. The van der Waals surface area contributed by atoms with E-state index in [4.69, 9.17) is 0 Å². The molecule has 0 spiro atoms. The first-order valence-corrected chi connectivity index (χ1v) is 4.94. The summed E-state index contributed by atoms with van der Waals surface area (Å²) in [6.07, 6.45) is -8.29. The Hall–Kier alpha value is -1.93. The Morgan fingerprint density at radius 1 is 1.47 bits per heavy atom. The van der Waals surface area contributed by atoms with Crippen molar-refractivity contribution in [3.05, 3.63) is 23.0 Å². The van der Waals surface area contributed by atoms with Gasteiger partial charge in [-0.1, -0.05) is 0 Å². The van der Waals surface area contributed by atoms with Crippen molar-refractivity contribution in [3.63, 3.8) is 0 Å². The largest absolute Gasteiger partial charge is 0.505 e. The summed E-state index contributed by atoms with van der Waals surface area (Å²) in [7, 11) is 0. The molecule has 1 N–H and O–H groups in total. The highest BCUT2D eigenvalue weighted by atomic mass is 19.4. The van der Waals surface area contributed by atoms with Crippen molar-refractivity contribution in [1.82, 2.24) is 4.98 Å². The van der Waals surface area contributed by atoms with Gasteiger partial charge in [0.1, 0.15) is 11.3 Å². The third kappa shape index (κ3) is 3.09. The highest BCUT2D eigenvalue weighted by Crippen LogP contribution is 2.41. The van der Waals surface area contributed by atoms with Crippen LogP contribution in [0.3, 0.4) is 0 Å². The van der Waals surface area contributed by atoms with Crippen LogP contribution in [0.2, 0.25) is 0 Å². The predicted octanol–water partition coefficient (Wildman–Crippen LogP) is 2.92. The number of carbonyl (C=O) groups is 1. The van der Waals surface area contributed by atoms with Crippen molar-refractivity contribution in [3.8, 4) is 5.75 Å². The molecule has 19 heavy (non-hydrogen) atoms. The quantitative estimate of drug-likeness (QED) is 0.685. The molecule has 1 heterocycles. The molecule has 0 aliphatic heterocycles. The van der Waals surface area contributed by atoms with E-state index in [0.29, 0.717) is 6.20 Å². The van der Waals surface area contributed by atoms with E-state index in [2.05, 4.69) is 9.72 Å². The van der Waals surface area contributed by atoms with E-state index in [9.17, 15) is 31.9 Å². The number of esters is 1. The number of nitrogens with zero attached hydrogens (tertiary/aromatic N) is 1. The third-order valence-electron chi connectivity index (χ3n) is 2.07. The van der Waals surface area contributed by atoms with E-state index in [1.165, 1.54) is 6.92 Å². The normalized spacial score (nSPS) is 11.7. The molecule has 0 atom stereocenters. The topological polar surface area (TPSA) is 59.4 Å². The smallest absolute Gasteiger partial charge is 0.420 e. The summed E-state index contributed by atoms with van der Waals surface area (Å²) in [4.78, 5) is 14.2. The van der Waals surface area contributed by atoms with Gasteiger partial charge in [-0.2, -0.15) is 13.2 Å². The molecular formula is C10H8F5NO3. The Labute approximate surface area is 103 Å². The molecule has 0 unspecified atom stereocenters. The van der Waals surface area contributed by atoms with Crippen molar-refractivity contribution in [2.45, 2.75) is 19.5 Å². The minimum absolute atomic E-state index is 0.215. The summed E-state index contributed by atoms with van der Waals surface area (Å²) in [5, 5.41) is 9.22. The van der Waals surface area contributed by atoms with Crippen LogP contribution in [0.15, 0.2) is 6.20 Å². The Kier molecular flexibility index (Phi) is 4.28. The zero-order valence-electron chi connectivity index (χ0n) is 9.46. The number of ether oxygens (including phenoxy) is 1. The lowest BCUT2D eigenvalue weighted by Crippen LogP contribution is -2.17. The number of halogens is 5. The van der Waals surface area contributed by atoms with Gasteiger partial charge < -0.3 is 9.84 Å². The van der Waals surface area contributed by atoms with Gasteiger partial charge in [0.25, 0.3) is 6.43 Å². The summed E-state index contributed by atoms with van der Waals surface area (Å²) >= 11 is 0. The van der Waals surface area contributed by atoms with Crippen molar-refractivity contribution in [2.75, 3.05) is 6.61 Å². The molecule has 4 nitrogen and oxygen atoms in total. The van der Waals surface area contributed by atoms with Gasteiger partial charge in [0.15, 0.2) is 5.75 Å². The molecule has 1 rings (SSSR count). The highest BCUT2D eigenvalue weighted by molar-refractivity contribution is 5.91. The van der Waals surface area contributed by atoms with Gasteiger partial charge in [0.2, 0.25) is 0 Å². The van der Waals surface area contributed by atoms with E-state index < -0.39 is 41.1 Å². The monoisotopic (exact) mass is 285 g/mol. The number of aromatic hydroxyl groups is 1. The van der Waals surface area contributed by atoms with Gasteiger partial charge in [0.05, 0.1) is 12.2 Å². The molecule has 0 aromatic carbocycles. The van der Waals surface area contributed by atoms with Crippen LogP contribution in [0.5, 0.6) is 5.75 Å². The minimum Gasteiger partial charge on any atom is -0.505 e. The summed E-state index contributed by atoms with van der Waals surface area (Å²) < 4.78 is 67.2. The van der Waals surface area contributed by atoms with Gasteiger partial charge in [-0.15, -0.1) is 0 Å². The maximum absolute atomic E-state index is 12.7. The molecule has 0 saturated carbocycles. The Morgan fingerprint density at radius 3 is 2.47 bits per heavy atom. The Bertz CT molecular complexity index is 487. The fraction of sp³-hybridized carbons (Fsp3) is 0.400. The summed E-state index contributed by atoms with van der Waals surface area (Å²) in [5.41, 5.74) is -4.44. The van der Waals surface area contributed by atoms with Gasteiger partial charge >= 0.3 is 12.1 Å². The first kappa shape index (κ1) is 15.1. The number of carbonyl (C=O) groups excluding carboxylic acids is 1. The number of hydrogen-bond donors (Lipinski definition) is 1. The van der Waals surface area contributed by atoms with Crippen LogP contribution in [-0.2, 0) is 10.9 Å². The van der Waals surface area contributed by atoms with E-state index in [-0.39, 0.29) is 6.61 Å². The number of alkyl halides is 5. The fourth-order valence-corrected chi connectivity index (χ4v) is 1.33. The molecular weight excluding hydrogens is 277 g/mol. The predicted molar refractivity (Wildman–Crippen MR) is 51.8 cm³/mol. The summed E-state index contributed by atoms with van der Waals surface area (Å²) in [6.45, 7) is 1.14. The zero-order chi connectivity index (χ0) is 14.8. The molecule has 9 heteroatoms. The average molecular weight is 285 g/mol. The van der Waals surface area contributed by atoms with E-state index in [0.717, 1.165) is 0 Å².